The standard InChI is InChI=1S/C27H34N4O4S/c1-4-5-15-26(2,3)21-11-9-20(10-12-21)18-27(28,36(34,35)22-13-16-29-17-14-22)23-7-6-8-24(31-23)30-19-25(32)33/h6-14,16-17H,4-5,15,18-19,28H2,1-3H3,(H,30,31)(H,32,33). The van der Waals surface area contributed by atoms with Crippen molar-refractivity contribution in [2.75, 3.05) is 11.9 Å². The van der Waals surface area contributed by atoms with Crippen molar-refractivity contribution in [2.45, 2.75) is 61.6 Å². The van der Waals surface area contributed by atoms with Gasteiger partial charge in [-0.25, -0.2) is 13.4 Å². The van der Waals surface area contributed by atoms with Gasteiger partial charge in [-0.3, -0.25) is 9.78 Å². The van der Waals surface area contributed by atoms with Crippen LogP contribution in [0, 0.1) is 0 Å². The summed E-state index contributed by atoms with van der Waals surface area (Å²) in [7, 11) is -4.12. The number of aromatic nitrogens is 2. The van der Waals surface area contributed by atoms with E-state index in [1.54, 1.807) is 18.2 Å². The Labute approximate surface area is 212 Å². The maximum atomic E-state index is 13.9. The summed E-state index contributed by atoms with van der Waals surface area (Å²) < 4.78 is 27.7. The van der Waals surface area contributed by atoms with E-state index >= 15 is 0 Å². The third kappa shape index (κ3) is 6.09. The second-order valence-electron chi connectivity index (χ2n) is 9.59. The molecule has 0 aliphatic carbocycles. The third-order valence-electron chi connectivity index (χ3n) is 6.40. The summed E-state index contributed by atoms with van der Waals surface area (Å²) in [6, 6.07) is 15.4. The molecule has 0 saturated carbocycles. The molecule has 0 aliphatic heterocycles. The van der Waals surface area contributed by atoms with Gasteiger partial charge in [-0.05, 0) is 47.2 Å². The number of nitrogens with zero attached hydrogens (tertiary/aromatic N) is 2. The van der Waals surface area contributed by atoms with E-state index in [0.29, 0.717) is 0 Å². The van der Waals surface area contributed by atoms with E-state index in [4.69, 9.17) is 10.8 Å². The largest absolute Gasteiger partial charge is 0.480 e. The summed E-state index contributed by atoms with van der Waals surface area (Å²) in [6.07, 6.45) is 6.08. The number of nitrogens with two attached hydrogens (primary N) is 1. The first-order valence-electron chi connectivity index (χ1n) is 12.0. The number of carboxylic acid groups (broad SMARTS) is 1. The molecule has 0 spiro atoms. The number of sulfone groups is 1. The minimum Gasteiger partial charge on any atom is -0.480 e. The zero-order valence-electron chi connectivity index (χ0n) is 20.9. The van der Waals surface area contributed by atoms with Crippen LogP contribution in [0.15, 0.2) is 71.9 Å². The van der Waals surface area contributed by atoms with Gasteiger partial charge < -0.3 is 16.2 Å². The summed E-state index contributed by atoms with van der Waals surface area (Å²) in [4.78, 5) is 17.4. The fourth-order valence-corrected chi connectivity index (χ4v) is 5.77. The Kier molecular flexibility index (Phi) is 8.47. The normalized spacial score (nSPS) is 13.7. The Morgan fingerprint density at radius 1 is 1.06 bits per heavy atom. The molecule has 1 unspecified atom stereocenters. The Balaban J connectivity index is 2.04. The maximum absolute atomic E-state index is 13.9. The van der Waals surface area contributed by atoms with Gasteiger partial charge in [0.25, 0.3) is 0 Å². The van der Waals surface area contributed by atoms with Crippen molar-refractivity contribution in [2.24, 2.45) is 5.73 Å². The summed E-state index contributed by atoms with van der Waals surface area (Å²) in [5.41, 5.74) is 8.80. The van der Waals surface area contributed by atoms with Gasteiger partial charge in [-0.1, -0.05) is 63.9 Å². The quantitative estimate of drug-likeness (QED) is 0.329. The van der Waals surface area contributed by atoms with Crippen LogP contribution in [0.2, 0.25) is 0 Å². The molecule has 0 bridgehead atoms. The number of unbranched alkanes of at least 4 members (excludes halogenated alkanes) is 1. The number of hydrogen-bond donors (Lipinski definition) is 3. The SMILES string of the molecule is CCCCC(C)(C)c1ccc(CC(N)(c2cccc(NCC(=O)O)n2)S(=O)(=O)c2ccncc2)cc1. The van der Waals surface area contributed by atoms with Crippen molar-refractivity contribution in [1.29, 1.82) is 0 Å². The lowest BCUT2D eigenvalue weighted by molar-refractivity contribution is -0.134. The number of hydrogen-bond acceptors (Lipinski definition) is 7. The summed E-state index contributed by atoms with van der Waals surface area (Å²) in [6.45, 7) is 6.22. The van der Waals surface area contributed by atoms with Crippen LogP contribution >= 0.6 is 0 Å². The highest BCUT2D eigenvalue weighted by molar-refractivity contribution is 7.92. The highest BCUT2D eigenvalue weighted by Crippen LogP contribution is 2.35. The first-order valence-corrected chi connectivity index (χ1v) is 13.4. The molecule has 2 aromatic heterocycles. The summed E-state index contributed by atoms with van der Waals surface area (Å²) in [5, 5.41) is 11.7. The molecule has 0 fully saturated rings. The van der Waals surface area contributed by atoms with E-state index in [9.17, 15) is 13.2 Å². The van der Waals surface area contributed by atoms with Crippen molar-refractivity contribution in [3.05, 3.63) is 83.8 Å². The summed E-state index contributed by atoms with van der Waals surface area (Å²) >= 11 is 0. The zero-order chi connectivity index (χ0) is 26.4. The Morgan fingerprint density at radius 2 is 1.72 bits per heavy atom. The van der Waals surface area contributed by atoms with Crippen LogP contribution in [0.25, 0.3) is 0 Å². The van der Waals surface area contributed by atoms with Crippen LogP contribution in [0.1, 0.15) is 56.9 Å². The Hall–Kier alpha value is -3.30. The Bertz CT molecular complexity index is 1280. The van der Waals surface area contributed by atoms with Crippen LogP contribution in [-0.2, 0) is 31.3 Å². The topological polar surface area (TPSA) is 135 Å². The summed E-state index contributed by atoms with van der Waals surface area (Å²) in [5.74, 6) is -0.838. The van der Waals surface area contributed by atoms with Gasteiger partial charge in [0.15, 0.2) is 4.87 Å². The van der Waals surface area contributed by atoms with E-state index in [1.165, 1.54) is 30.1 Å². The van der Waals surface area contributed by atoms with E-state index in [-0.39, 0.29) is 34.8 Å². The fourth-order valence-electron chi connectivity index (χ4n) is 4.13. The molecule has 192 valence electrons. The van der Waals surface area contributed by atoms with Gasteiger partial charge >= 0.3 is 5.97 Å². The first kappa shape index (κ1) is 27.3. The van der Waals surface area contributed by atoms with Crippen LogP contribution < -0.4 is 11.1 Å². The predicted molar refractivity (Wildman–Crippen MR) is 140 cm³/mol. The van der Waals surface area contributed by atoms with Gasteiger partial charge in [0.1, 0.15) is 12.4 Å². The van der Waals surface area contributed by atoms with Crippen LogP contribution in [0.4, 0.5) is 5.82 Å². The molecular weight excluding hydrogens is 476 g/mol. The molecule has 8 nitrogen and oxygen atoms in total. The molecule has 3 aromatic rings. The molecule has 0 radical (unpaired) electrons. The number of aliphatic carboxylic acids is 1. The molecule has 0 aliphatic rings. The lowest BCUT2D eigenvalue weighted by Gasteiger charge is -2.30. The first-order chi connectivity index (χ1) is 17.0. The molecule has 2 heterocycles. The third-order valence-corrected chi connectivity index (χ3v) is 8.61. The van der Waals surface area contributed by atoms with Gasteiger partial charge in [-0.15, -0.1) is 0 Å². The lowest BCUT2D eigenvalue weighted by atomic mass is 9.80. The van der Waals surface area contributed by atoms with Crippen LogP contribution in [0.3, 0.4) is 0 Å². The van der Waals surface area contributed by atoms with E-state index in [0.717, 1.165) is 24.8 Å². The van der Waals surface area contributed by atoms with Crippen LogP contribution in [0.5, 0.6) is 0 Å². The van der Waals surface area contributed by atoms with Crippen molar-refractivity contribution >= 4 is 21.6 Å². The van der Waals surface area contributed by atoms with Gasteiger partial charge in [0.2, 0.25) is 9.84 Å². The predicted octanol–water partition coefficient (Wildman–Crippen LogP) is 4.27. The van der Waals surface area contributed by atoms with Crippen LogP contribution in [-0.4, -0.2) is 36.0 Å². The maximum Gasteiger partial charge on any atom is 0.322 e. The van der Waals surface area contributed by atoms with E-state index in [2.05, 4.69) is 36.1 Å². The number of pyridine rings is 2. The van der Waals surface area contributed by atoms with Crippen molar-refractivity contribution in [3.63, 3.8) is 0 Å². The molecule has 36 heavy (non-hydrogen) atoms. The average Bonchev–Trinajstić information content (AvgIpc) is 2.87. The van der Waals surface area contributed by atoms with Gasteiger partial charge in [0.05, 0.1) is 10.6 Å². The highest BCUT2D eigenvalue weighted by Gasteiger charge is 2.44. The molecule has 1 atom stereocenters. The Morgan fingerprint density at radius 3 is 2.33 bits per heavy atom. The highest BCUT2D eigenvalue weighted by atomic mass is 32.2. The van der Waals surface area contributed by atoms with Crippen molar-refractivity contribution < 1.29 is 18.3 Å². The lowest BCUT2D eigenvalue weighted by Crippen LogP contribution is -2.47. The molecule has 0 amide bonds. The minimum atomic E-state index is -4.12. The average molecular weight is 511 g/mol. The second-order valence-corrected chi connectivity index (χ2v) is 11.8. The number of anilines is 1. The fraction of sp³-hybridized carbons (Fsp3) is 0.370. The molecule has 9 heteroatoms. The number of nitrogens with one attached hydrogen (secondary N) is 1. The minimum absolute atomic E-state index is 0.00313. The molecule has 1 aromatic carbocycles. The number of benzene rings is 1. The number of rotatable bonds is 12. The smallest absolute Gasteiger partial charge is 0.322 e. The number of carboxylic acids is 1. The molecule has 0 saturated heterocycles. The molecule has 3 rings (SSSR count). The number of carbonyl (C=O) groups is 1. The van der Waals surface area contributed by atoms with Gasteiger partial charge in [0, 0.05) is 18.8 Å². The van der Waals surface area contributed by atoms with Gasteiger partial charge in [-0.2, -0.15) is 0 Å². The molecule has 4 N–H and O–H groups in total. The van der Waals surface area contributed by atoms with Crippen molar-refractivity contribution in [1.82, 2.24) is 9.97 Å². The molecular formula is C27H34N4O4S. The van der Waals surface area contributed by atoms with E-state index in [1.807, 2.05) is 24.3 Å². The van der Waals surface area contributed by atoms with E-state index < -0.39 is 20.7 Å². The second kappa shape index (κ2) is 11.2. The zero-order valence-corrected chi connectivity index (χ0v) is 21.8. The monoisotopic (exact) mass is 510 g/mol. The van der Waals surface area contributed by atoms with Crippen molar-refractivity contribution in [3.8, 4) is 0 Å².